The molecule has 0 atom stereocenters. The van der Waals surface area contributed by atoms with E-state index < -0.39 is 0 Å². The third-order valence-electron chi connectivity index (χ3n) is 2.87. The fourth-order valence-electron chi connectivity index (χ4n) is 1.93. The molecule has 0 unspecified atom stereocenters. The van der Waals surface area contributed by atoms with E-state index in [-0.39, 0.29) is 5.75 Å². The number of aromatic hydroxyl groups is 1. The Morgan fingerprint density at radius 1 is 1.05 bits per heavy atom. The fraction of sp³-hybridized carbons (Fsp3) is 0. The first-order valence-electron chi connectivity index (χ1n) is 5.90. The summed E-state index contributed by atoms with van der Waals surface area (Å²) < 4.78 is 0. The van der Waals surface area contributed by atoms with Gasteiger partial charge in [0.05, 0.1) is 11.8 Å². The number of hydrogen-bond donors (Lipinski definition) is 1. The lowest BCUT2D eigenvalue weighted by Gasteiger charge is -2.07. The summed E-state index contributed by atoms with van der Waals surface area (Å²) in [5.41, 5.74) is 0.488. The van der Waals surface area contributed by atoms with Gasteiger partial charge in [-0.3, -0.25) is 0 Å². The largest absolute Gasteiger partial charge is 0.507 e. The second-order valence-corrected chi connectivity index (χ2v) is 5.12. The minimum atomic E-state index is 0.240. The van der Waals surface area contributed by atoms with Crippen LogP contribution in [0.15, 0.2) is 58.6 Å². The highest BCUT2D eigenvalue weighted by Gasteiger charge is 2.10. The average Bonchev–Trinajstić information content (AvgIpc) is 2.51. The van der Waals surface area contributed by atoms with E-state index in [4.69, 9.17) is 5.26 Å². The van der Waals surface area contributed by atoms with E-state index in [0.29, 0.717) is 10.6 Å². The predicted molar refractivity (Wildman–Crippen MR) is 76.5 cm³/mol. The van der Waals surface area contributed by atoms with Gasteiger partial charge in [-0.15, -0.1) is 5.10 Å². The van der Waals surface area contributed by atoms with Gasteiger partial charge in [-0.05, 0) is 23.6 Å². The minimum Gasteiger partial charge on any atom is -0.507 e. The van der Waals surface area contributed by atoms with Crippen molar-refractivity contribution in [1.82, 2.24) is 10.2 Å². The number of nitriles is 1. The Balaban J connectivity index is 2.12. The first kappa shape index (κ1) is 12.5. The van der Waals surface area contributed by atoms with Crippen molar-refractivity contribution in [2.45, 2.75) is 9.92 Å². The third-order valence-corrected chi connectivity index (χ3v) is 3.95. The molecule has 1 aromatic heterocycles. The van der Waals surface area contributed by atoms with Crippen molar-refractivity contribution in [3.05, 3.63) is 54.2 Å². The summed E-state index contributed by atoms with van der Waals surface area (Å²) in [7, 11) is 0. The maximum Gasteiger partial charge on any atom is 0.141 e. The van der Waals surface area contributed by atoms with Gasteiger partial charge in [0.25, 0.3) is 0 Å². The fourth-order valence-corrected chi connectivity index (χ4v) is 2.87. The molecule has 0 saturated carbocycles. The van der Waals surface area contributed by atoms with E-state index in [1.54, 1.807) is 12.1 Å². The number of fused-ring (bicyclic) bond motifs is 1. The maximum absolute atomic E-state index is 9.87. The average molecular weight is 279 g/mol. The molecule has 2 aromatic carbocycles. The monoisotopic (exact) mass is 279 g/mol. The highest BCUT2D eigenvalue weighted by Crippen LogP contribution is 2.36. The van der Waals surface area contributed by atoms with Crippen LogP contribution >= 0.6 is 11.8 Å². The van der Waals surface area contributed by atoms with Gasteiger partial charge in [-0.2, -0.15) is 10.4 Å². The summed E-state index contributed by atoms with van der Waals surface area (Å²) in [5.74, 6) is 0.240. The molecule has 0 saturated heterocycles. The molecular weight excluding hydrogens is 270 g/mol. The second kappa shape index (κ2) is 5.19. The topological polar surface area (TPSA) is 69.8 Å². The van der Waals surface area contributed by atoms with Gasteiger partial charge in [0.2, 0.25) is 0 Å². The summed E-state index contributed by atoms with van der Waals surface area (Å²) in [6, 6.07) is 14.8. The number of nitrogens with zero attached hydrogens (tertiary/aromatic N) is 3. The molecule has 5 heteroatoms. The molecule has 20 heavy (non-hydrogen) atoms. The van der Waals surface area contributed by atoms with E-state index in [0.717, 1.165) is 15.7 Å². The minimum absolute atomic E-state index is 0.240. The predicted octanol–water partition coefficient (Wildman–Crippen LogP) is 3.36. The maximum atomic E-state index is 9.87. The van der Waals surface area contributed by atoms with Crippen LogP contribution in [0.25, 0.3) is 10.8 Å². The van der Waals surface area contributed by atoms with Crippen molar-refractivity contribution in [3.63, 3.8) is 0 Å². The van der Waals surface area contributed by atoms with E-state index >= 15 is 0 Å². The number of phenolic OH excluding ortho intramolecular Hbond substituents is 1. The molecule has 0 spiro atoms. The van der Waals surface area contributed by atoms with Crippen LogP contribution in [0.1, 0.15) is 5.56 Å². The van der Waals surface area contributed by atoms with Crippen molar-refractivity contribution >= 4 is 22.5 Å². The van der Waals surface area contributed by atoms with E-state index in [1.165, 1.54) is 18.0 Å². The molecule has 96 valence electrons. The van der Waals surface area contributed by atoms with Crippen LogP contribution in [0.4, 0.5) is 0 Å². The normalized spacial score (nSPS) is 10.3. The van der Waals surface area contributed by atoms with Crippen molar-refractivity contribution in [3.8, 4) is 11.8 Å². The summed E-state index contributed by atoms with van der Waals surface area (Å²) in [4.78, 5) is 0.926. The van der Waals surface area contributed by atoms with Crippen LogP contribution in [0.3, 0.4) is 0 Å². The van der Waals surface area contributed by atoms with Gasteiger partial charge in [0.1, 0.15) is 16.8 Å². The first-order chi connectivity index (χ1) is 9.79. The molecule has 0 aliphatic rings. The summed E-state index contributed by atoms with van der Waals surface area (Å²) in [6.07, 6.45) is 1.50. The Kier molecular flexibility index (Phi) is 3.23. The van der Waals surface area contributed by atoms with Crippen molar-refractivity contribution < 1.29 is 5.11 Å². The van der Waals surface area contributed by atoms with Gasteiger partial charge in [-0.25, -0.2) is 0 Å². The van der Waals surface area contributed by atoms with Gasteiger partial charge in [0, 0.05) is 10.3 Å². The lowest BCUT2D eigenvalue weighted by atomic mass is 10.1. The van der Waals surface area contributed by atoms with E-state index in [2.05, 4.69) is 16.3 Å². The Labute approximate surface area is 119 Å². The van der Waals surface area contributed by atoms with Gasteiger partial charge < -0.3 is 5.11 Å². The standard InChI is InChI=1S/C15H9N3OS/c16-9-10-7-8-17-18-15(10)20-14-6-5-13(19)11-3-1-2-4-12(11)14/h1-8,19H. The molecule has 0 fully saturated rings. The summed E-state index contributed by atoms with van der Waals surface area (Å²) in [6.45, 7) is 0. The Morgan fingerprint density at radius 3 is 2.65 bits per heavy atom. The van der Waals surface area contributed by atoms with Crippen molar-refractivity contribution in [2.75, 3.05) is 0 Å². The Hall–Kier alpha value is -2.58. The van der Waals surface area contributed by atoms with Crippen LogP contribution in [0.5, 0.6) is 5.75 Å². The molecule has 0 amide bonds. The van der Waals surface area contributed by atoms with Crippen LogP contribution in [0.2, 0.25) is 0 Å². The van der Waals surface area contributed by atoms with Gasteiger partial charge >= 0.3 is 0 Å². The van der Waals surface area contributed by atoms with E-state index in [9.17, 15) is 5.11 Å². The smallest absolute Gasteiger partial charge is 0.141 e. The molecule has 1 N–H and O–H groups in total. The molecule has 0 aliphatic heterocycles. The second-order valence-electron chi connectivity index (χ2n) is 4.09. The molecule has 1 heterocycles. The summed E-state index contributed by atoms with van der Waals surface area (Å²) >= 11 is 1.37. The molecule has 0 bridgehead atoms. The highest BCUT2D eigenvalue weighted by atomic mass is 32.2. The van der Waals surface area contributed by atoms with Crippen LogP contribution in [-0.2, 0) is 0 Å². The Bertz CT molecular complexity index is 827. The lowest BCUT2D eigenvalue weighted by Crippen LogP contribution is -1.89. The zero-order chi connectivity index (χ0) is 13.9. The highest BCUT2D eigenvalue weighted by molar-refractivity contribution is 7.99. The van der Waals surface area contributed by atoms with E-state index in [1.807, 2.05) is 30.3 Å². The molecule has 0 aliphatic carbocycles. The SMILES string of the molecule is N#Cc1ccnnc1Sc1ccc(O)c2ccccc12. The number of rotatable bonds is 2. The van der Waals surface area contributed by atoms with Crippen molar-refractivity contribution in [2.24, 2.45) is 0 Å². The third kappa shape index (κ3) is 2.17. The zero-order valence-electron chi connectivity index (χ0n) is 10.3. The zero-order valence-corrected chi connectivity index (χ0v) is 11.1. The Morgan fingerprint density at radius 2 is 1.85 bits per heavy atom. The van der Waals surface area contributed by atoms with Crippen LogP contribution < -0.4 is 0 Å². The number of hydrogen-bond acceptors (Lipinski definition) is 5. The molecule has 3 aromatic rings. The van der Waals surface area contributed by atoms with Crippen LogP contribution in [0, 0.1) is 11.3 Å². The van der Waals surface area contributed by atoms with Gasteiger partial charge in [-0.1, -0.05) is 36.0 Å². The lowest BCUT2D eigenvalue weighted by molar-refractivity contribution is 0.481. The number of phenols is 1. The molecule has 3 rings (SSSR count). The van der Waals surface area contributed by atoms with Crippen LogP contribution in [-0.4, -0.2) is 15.3 Å². The van der Waals surface area contributed by atoms with Crippen molar-refractivity contribution in [1.29, 1.82) is 5.26 Å². The molecular formula is C15H9N3OS. The van der Waals surface area contributed by atoms with Gasteiger partial charge in [0.15, 0.2) is 0 Å². The number of aromatic nitrogens is 2. The first-order valence-corrected chi connectivity index (χ1v) is 6.71. The number of benzene rings is 2. The molecule has 4 nitrogen and oxygen atoms in total. The summed E-state index contributed by atoms with van der Waals surface area (Å²) in [5, 5.41) is 29.0. The quantitative estimate of drug-likeness (QED) is 0.779. The molecule has 0 radical (unpaired) electrons.